The molecule has 3 aromatic rings. The smallest absolute Gasteiger partial charge is 0.182 e. The number of imidazole rings is 1. The molecule has 0 aliphatic carbocycles. The van der Waals surface area contributed by atoms with E-state index >= 15 is 0 Å². The van der Waals surface area contributed by atoms with Gasteiger partial charge in [-0.15, -0.1) is 0 Å². The molecule has 0 aliphatic heterocycles. The second-order valence-electron chi connectivity index (χ2n) is 5.43. The third-order valence-electron chi connectivity index (χ3n) is 3.66. The zero-order valence-corrected chi connectivity index (χ0v) is 13.0. The van der Waals surface area contributed by atoms with Crippen molar-refractivity contribution < 1.29 is 0 Å². The molecule has 0 bridgehead atoms. The standard InChI is InChI=1S/C18H18N2S/c1-13(2)14-8-10-16(11-9-14)20-17(12-19-18(20)21)15-6-4-3-5-7-15/h3-13H,1-2H3,(H,19,21). The second kappa shape index (κ2) is 5.70. The molecule has 3 heteroatoms. The van der Waals surface area contributed by atoms with Crippen LogP contribution in [0.25, 0.3) is 16.9 Å². The normalized spacial score (nSPS) is 11.0. The predicted octanol–water partition coefficient (Wildman–Crippen LogP) is 5.33. The average Bonchev–Trinajstić information content (AvgIpc) is 2.90. The van der Waals surface area contributed by atoms with Gasteiger partial charge in [0, 0.05) is 17.4 Å². The summed E-state index contributed by atoms with van der Waals surface area (Å²) in [5, 5.41) is 0. The van der Waals surface area contributed by atoms with Gasteiger partial charge < -0.3 is 4.98 Å². The number of rotatable bonds is 3. The molecule has 2 aromatic carbocycles. The SMILES string of the molecule is CC(C)c1ccc(-n2c(-c3ccccc3)c[nH]c2=S)cc1. The Bertz CT molecular complexity index is 780. The first kappa shape index (κ1) is 13.8. The number of hydrogen-bond acceptors (Lipinski definition) is 1. The van der Waals surface area contributed by atoms with Crippen LogP contribution in [0.4, 0.5) is 0 Å². The molecule has 1 aromatic heterocycles. The molecule has 3 rings (SSSR count). The first-order valence-corrected chi connectivity index (χ1v) is 7.54. The molecule has 1 heterocycles. The largest absolute Gasteiger partial charge is 0.336 e. The van der Waals surface area contributed by atoms with Crippen molar-refractivity contribution in [1.82, 2.24) is 9.55 Å². The van der Waals surface area contributed by atoms with Crippen LogP contribution in [0, 0.1) is 4.77 Å². The fraction of sp³-hybridized carbons (Fsp3) is 0.167. The van der Waals surface area contributed by atoms with Gasteiger partial charge in [-0.25, -0.2) is 0 Å². The highest BCUT2D eigenvalue weighted by molar-refractivity contribution is 7.71. The van der Waals surface area contributed by atoms with Crippen LogP contribution in [0.3, 0.4) is 0 Å². The Hall–Kier alpha value is -2.13. The number of nitrogens with zero attached hydrogens (tertiary/aromatic N) is 1. The first-order chi connectivity index (χ1) is 10.2. The third-order valence-corrected chi connectivity index (χ3v) is 3.96. The molecule has 0 radical (unpaired) electrons. The lowest BCUT2D eigenvalue weighted by molar-refractivity contribution is 0.865. The zero-order chi connectivity index (χ0) is 14.8. The lowest BCUT2D eigenvalue weighted by Crippen LogP contribution is -1.97. The highest BCUT2D eigenvalue weighted by Crippen LogP contribution is 2.24. The number of nitrogens with one attached hydrogen (secondary N) is 1. The van der Waals surface area contributed by atoms with E-state index in [-0.39, 0.29) is 0 Å². The van der Waals surface area contributed by atoms with Crippen LogP contribution in [-0.2, 0) is 0 Å². The van der Waals surface area contributed by atoms with Crippen molar-refractivity contribution >= 4 is 12.2 Å². The Kier molecular flexibility index (Phi) is 3.76. The van der Waals surface area contributed by atoms with Crippen molar-refractivity contribution in [3.63, 3.8) is 0 Å². The molecule has 0 amide bonds. The summed E-state index contributed by atoms with van der Waals surface area (Å²) in [6.45, 7) is 4.40. The van der Waals surface area contributed by atoms with Gasteiger partial charge in [0.15, 0.2) is 4.77 Å². The van der Waals surface area contributed by atoms with E-state index < -0.39 is 0 Å². The van der Waals surface area contributed by atoms with Crippen LogP contribution in [-0.4, -0.2) is 9.55 Å². The summed E-state index contributed by atoms with van der Waals surface area (Å²) >= 11 is 5.45. The maximum atomic E-state index is 5.45. The molecule has 0 spiro atoms. The topological polar surface area (TPSA) is 20.7 Å². The molecule has 0 aliphatic rings. The molecule has 0 fully saturated rings. The molecule has 0 saturated carbocycles. The molecular formula is C18H18N2S. The Morgan fingerprint density at radius 3 is 2.24 bits per heavy atom. The van der Waals surface area contributed by atoms with Gasteiger partial charge in [-0.3, -0.25) is 4.57 Å². The fourth-order valence-corrected chi connectivity index (χ4v) is 2.72. The van der Waals surface area contributed by atoms with Crippen LogP contribution in [0.1, 0.15) is 25.3 Å². The van der Waals surface area contributed by atoms with Crippen molar-refractivity contribution in [3.8, 4) is 16.9 Å². The Labute approximate surface area is 130 Å². The lowest BCUT2D eigenvalue weighted by Gasteiger charge is -2.11. The van der Waals surface area contributed by atoms with Crippen LogP contribution in [0.2, 0.25) is 0 Å². The van der Waals surface area contributed by atoms with Gasteiger partial charge in [-0.2, -0.15) is 0 Å². The van der Waals surface area contributed by atoms with Crippen molar-refractivity contribution in [2.24, 2.45) is 0 Å². The van der Waals surface area contributed by atoms with Crippen molar-refractivity contribution in [3.05, 3.63) is 71.1 Å². The fourth-order valence-electron chi connectivity index (χ4n) is 2.45. The van der Waals surface area contributed by atoms with Gasteiger partial charge in [-0.1, -0.05) is 56.3 Å². The summed E-state index contributed by atoms with van der Waals surface area (Å²) in [4.78, 5) is 3.15. The Morgan fingerprint density at radius 1 is 0.952 bits per heavy atom. The van der Waals surface area contributed by atoms with Gasteiger partial charge in [-0.05, 0) is 35.8 Å². The molecule has 0 saturated heterocycles. The number of aromatic nitrogens is 2. The van der Waals surface area contributed by atoms with Crippen molar-refractivity contribution in [2.75, 3.05) is 0 Å². The lowest BCUT2D eigenvalue weighted by atomic mass is 10.0. The van der Waals surface area contributed by atoms with Gasteiger partial charge in [0.25, 0.3) is 0 Å². The first-order valence-electron chi connectivity index (χ1n) is 7.13. The number of benzene rings is 2. The molecule has 2 nitrogen and oxygen atoms in total. The summed E-state index contributed by atoms with van der Waals surface area (Å²) < 4.78 is 2.79. The van der Waals surface area contributed by atoms with E-state index in [0.29, 0.717) is 10.7 Å². The maximum Gasteiger partial charge on any atom is 0.182 e. The minimum Gasteiger partial charge on any atom is -0.336 e. The van der Waals surface area contributed by atoms with Gasteiger partial charge in [0.2, 0.25) is 0 Å². The highest BCUT2D eigenvalue weighted by atomic mass is 32.1. The average molecular weight is 294 g/mol. The Balaban J connectivity index is 2.11. The Morgan fingerprint density at radius 2 is 1.62 bits per heavy atom. The number of H-pyrrole nitrogens is 1. The van der Waals surface area contributed by atoms with E-state index in [0.717, 1.165) is 16.9 Å². The van der Waals surface area contributed by atoms with Crippen LogP contribution in [0.5, 0.6) is 0 Å². The molecule has 0 atom stereocenters. The molecular weight excluding hydrogens is 276 g/mol. The van der Waals surface area contributed by atoms with Crippen LogP contribution in [0.15, 0.2) is 60.8 Å². The van der Waals surface area contributed by atoms with E-state index in [1.165, 1.54) is 5.56 Å². The maximum absolute atomic E-state index is 5.45. The van der Waals surface area contributed by atoms with Crippen LogP contribution >= 0.6 is 12.2 Å². The molecule has 0 unspecified atom stereocenters. The summed E-state index contributed by atoms with van der Waals surface area (Å²) in [6, 6.07) is 18.9. The number of aromatic amines is 1. The summed E-state index contributed by atoms with van der Waals surface area (Å²) in [6.07, 6.45) is 1.97. The van der Waals surface area contributed by atoms with E-state index in [9.17, 15) is 0 Å². The van der Waals surface area contributed by atoms with E-state index in [1.54, 1.807) is 0 Å². The van der Waals surface area contributed by atoms with Gasteiger partial charge in [0.05, 0.1) is 5.69 Å². The highest BCUT2D eigenvalue weighted by Gasteiger charge is 2.08. The van der Waals surface area contributed by atoms with Crippen molar-refractivity contribution in [2.45, 2.75) is 19.8 Å². The van der Waals surface area contributed by atoms with E-state index in [2.05, 4.69) is 59.8 Å². The number of hydrogen-bond donors (Lipinski definition) is 1. The van der Waals surface area contributed by atoms with Crippen molar-refractivity contribution in [1.29, 1.82) is 0 Å². The summed E-state index contributed by atoms with van der Waals surface area (Å²) in [5.74, 6) is 0.534. The molecule has 106 valence electrons. The van der Waals surface area contributed by atoms with E-state index in [4.69, 9.17) is 12.2 Å². The summed E-state index contributed by atoms with van der Waals surface area (Å²) in [7, 11) is 0. The third kappa shape index (κ3) is 2.69. The summed E-state index contributed by atoms with van der Waals surface area (Å²) in [5.41, 5.74) is 4.65. The van der Waals surface area contributed by atoms with Gasteiger partial charge >= 0.3 is 0 Å². The van der Waals surface area contributed by atoms with Gasteiger partial charge in [0.1, 0.15) is 0 Å². The second-order valence-corrected chi connectivity index (χ2v) is 5.81. The minimum absolute atomic E-state index is 0.534. The zero-order valence-electron chi connectivity index (χ0n) is 12.2. The molecule has 1 N–H and O–H groups in total. The monoisotopic (exact) mass is 294 g/mol. The predicted molar refractivity (Wildman–Crippen MR) is 90.5 cm³/mol. The van der Waals surface area contributed by atoms with Crippen LogP contribution < -0.4 is 0 Å². The minimum atomic E-state index is 0.534. The molecule has 21 heavy (non-hydrogen) atoms. The van der Waals surface area contributed by atoms with E-state index in [1.807, 2.05) is 24.4 Å². The quantitative estimate of drug-likeness (QED) is 0.648.